The number of amides is 2. The maximum absolute atomic E-state index is 16.8. The summed E-state index contributed by atoms with van der Waals surface area (Å²) in [6, 6.07) is 3.53. The number of piperazine rings is 1. The summed E-state index contributed by atoms with van der Waals surface area (Å²) in [5.74, 6) is -2.04. The molecular weight excluding hydrogens is 565 g/mol. The molecule has 1 saturated heterocycles. The van der Waals surface area contributed by atoms with Crippen molar-refractivity contribution in [3.8, 4) is 11.3 Å². The fourth-order valence-corrected chi connectivity index (χ4v) is 5.87. The molecule has 44 heavy (non-hydrogen) atoms. The van der Waals surface area contributed by atoms with E-state index in [0.717, 1.165) is 6.21 Å². The van der Waals surface area contributed by atoms with Crippen molar-refractivity contribution < 1.29 is 19.1 Å². The van der Waals surface area contributed by atoms with Gasteiger partial charge in [0.1, 0.15) is 23.4 Å². The minimum atomic E-state index is -1.00. The predicted octanol–water partition coefficient (Wildman–Crippen LogP) is 3.64. The second-order valence-electron chi connectivity index (χ2n) is 11.0. The van der Waals surface area contributed by atoms with E-state index in [0.29, 0.717) is 22.5 Å². The van der Waals surface area contributed by atoms with Crippen molar-refractivity contribution in [1.29, 1.82) is 10.8 Å². The van der Waals surface area contributed by atoms with Gasteiger partial charge in [-0.25, -0.2) is 9.37 Å². The number of fused-ring (bicyclic) bond motifs is 2. The van der Waals surface area contributed by atoms with Crippen LogP contribution >= 0.6 is 0 Å². The first-order chi connectivity index (χ1) is 20.9. The van der Waals surface area contributed by atoms with Crippen molar-refractivity contribution in [3.05, 3.63) is 70.8 Å². The van der Waals surface area contributed by atoms with Gasteiger partial charge in [0.25, 0.3) is 0 Å². The molecule has 2 aliphatic rings. The number of pyridine rings is 2. The van der Waals surface area contributed by atoms with Crippen molar-refractivity contribution >= 4 is 46.7 Å². The molecule has 0 bridgehead atoms. The first-order valence-corrected chi connectivity index (χ1v) is 14.0. The zero-order valence-electron chi connectivity index (χ0n) is 24.8. The van der Waals surface area contributed by atoms with Crippen molar-refractivity contribution in [2.24, 2.45) is 0 Å². The number of amidine groups is 1. The van der Waals surface area contributed by atoms with Gasteiger partial charge in [0.05, 0.1) is 35.3 Å². The minimum absolute atomic E-state index is 0.0183. The van der Waals surface area contributed by atoms with Crippen LogP contribution in [-0.4, -0.2) is 73.9 Å². The van der Waals surface area contributed by atoms with Gasteiger partial charge in [-0.15, -0.1) is 0 Å². The number of aryl methyl sites for hydroxylation is 2. The fourth-order valence-electron chi connectivity index (χ4n) is 5.87. The highest BCUT2D eigenvalue weighted by Gasteiger charge is 2.44. The molecule has 3 atom stereocenters. The van der Waals surface area contributed by atoms with E-state index in [-0.39, 0.29) is 64.4 Å². The highest BCUT2D eigenvalue weighted by Crippen LogP contribution is 2.41. The van der Waals surface area contributed by atoms with Crippen molar-refractivity contribution in [2.75, 3.05) is 29.5 Å². The van der Waals surface area contributed by atoms with Crippen LogP contribution in [0.25, 0.3) is 11.3 Å². The van der Waals surface area contributed by atoms with E-state index in [9.17, 15) is 20.1 Å². The van der Waals surface area contributed by atoms with Crippen molar-refractivity contribution in [1.82, 2.24) is 19.8 Å². The van der Waals surface area contributed by atoms with Gasteiger partial charge in [-0.1, -0.05) is 12.6 Å². The topological polar surface area (TPSA) is 184 Å². The minimum Gasteiger partial charge on any atom is -0.398 e. The molecule has 2 aliphatic heterocycles. The molecular formula is C31H34FN9O3. The number of aliphatic hydroxyl groups excluding tert-OH is 1. The summed E-state index contributed by atoms with van der Waals surface area (Å²) in [6.07, 6.45) is 2.76. The zero-order chi connectivity index (χ0) is 32.0. The summed E-state index contributed by atoms with van der Waals surface area (Å²) in [6.45, 7) is 10.6. The lowest BCUT2D eigenvalue weighted by molar-refractivity contribution is -0.132. The van der Waals surface area contributed by atoms with Crippen LogP contribution < -0.4 is 16.4 Å². The van der Waals surface area contributed by atoms with Gasteiger partial charge in [-0.2, -0.15) is 0 Å². The predicted molar refractivity (Wildman–Crippen MR) is 167 cm³/mol. The Morgan fingerprint density at radius 2 is 2.00 bits per heavy atom. The molecule has 13 heteroatoms. The first-order valence-electron chi connectivity index (χ1n) is 14.0. The molecule has 5 rings (SSSR count). The number of carbonyl (C=O) groups excluding carboxylic acids is 2. The number of aromatic nitrogens is 2. The Morgan fingerprint density at radius 1 is 1.27 bits per heavy atom. The smallest absolute Gasteiger partial charge is 0.249 e. The molecule has 2 amide bonds. The van der Waals surface area contributed by atoms with Crippen LogP contribution in [0.1, 0.15) is 47.9 Å². The summed E-state index contributed by atoms with van der Waals surface area (Å²) in [5.41, 5.74) is 8.39. The fraction of sp³-hybridized carbons (Fsp3) is 0.290. The van der Waals surface area contributed by atoms with Crippen LogP contribution in [0.5, 0.6) is 0 Å². The van der Waals surface area contributed by atoms with E-state index >= 15 is 4.39 Å². The Morgan fingerprint density at radius 3 is 2.66 bits per heavy atom. The number of nitrogen functional groups attached to an aromatic ring is 1. The van der Waals surface area contributed by atoms with E-state index in [4.69, 9.17) is 11.1 Å². The zero-order valence-corrected chi connectivity index (χ0v) is 24.8. The highest BCUT2D eigenvalue weighted by molar-refractivity contribution is 6.15. The van der Waals surface area contributed by atoms with Gasteiger partial charge in [0.2, 0.25) is 11.8 Å². The number of carbonyl (C=O) groups is 2. The summed E-state index contributed by atoms with van der Waals surface area (Å²) in [7, 11) is 0. The van der Waals surface area contributed by atoms with E-state index in [1.807, 2.05) is 0 Å². The summed E-state index contributed by atoms with van der Waals surface area (Å²) >= 11 is 0. The third kappa shape index (κ3) is 4.94. The largest absolute Gasteiger partial charge is 0.398 e. The lowest BCUT2D eigenvalue weighted by Crippen LogP contribution is -2.63. The SMILES string of the molecule is C=CC(=O)N1CC(C)N2C(=N)c3c(Nc4c(C)ccnc4C(C)O)nc(-c4c(C)ccc(N)c4C=N)c(F)c3NC(=O)C2C1. The second kappa shape index (κ2) is 11.5. The third-order valence-electron chi connectivity index (χ3n) is 8.06. The van der Waals surface area contributed by atoms with Crippen LogP contribution in [0.15, 0.2) is 37.1 Å². The van der Waals surface area contributed by atoms with E-state index in [2.05, 4.69) is 27.2 Å². The molecule has 3 unspecified atom stereocenters. The number of nitrogens with one attached hydrogen (secondary N) is 4. The Bertz CT molecular complexity index is 1740. The van der Waals surface area contributed by atoms with E-state index < -0.39 is 29.9 Å². The Hall–Kier alpha value is -5.17. The van der Waals surface area contributed by atoms with Gasteiger partial charge in [0, 0.05) is 41.8 Å². The van der Waals surface area contributed by atoms with Gasteiger partial charge >= 0.3 is 0 Å². The molecule has 7 N–H and O–H groups in total. The average molecular weight is 600 g/mol. The third-order valence-corrected chi connectivity index (χ3v) is 8.06. The molecule has 0 aliphatic carbocycles. The van der Waals surface area contributed by atoms with Crippen LogP contribution in [0.3, 0.4) is 0 Å². The van der Waals surface area contributed by atoms with Crippen LogP contribution in [0, 0.1) is 30.5 Å². The number of anilines is 4. The Balaban J connectivity index is 1.80. The molecule has 228 valence electrons. The molecule has 2 aromatic heterocycles. The molecule has 3 aromatic rings. The van der Waals surface area contributed by atoms with Gasteiger partial charge < -0.3 is 36.7 Å². The number of halogens is 1. The summed E-state index contributed by atoms with van der Waals surface area (Å²) in [5, 5.41) is 33.7. The normalized spacial score (nSPS) is 18.5. The highest BCUT2D eigenvalue weighted by atomic mass is 19.1. The van der Waals surface area contributed by atoms with Crippen molar-refractivity contribution in [3.63, 3.8) is 0 Å². The molecule has 4 heterocycles. The second-order valence-corrected chi connectivity index (χ2v) is 11.0. The molecule has 0 saturated carbocycles. The molecule has 0 spiro atoms. The molecule has 12 nitrogen and oxygen atoms in total. The number of rotatable bonds is 6. The Kier molecular flexibility index (Phi) is 7.91. The summed E-state index contributed by atoms with van der Waals surface area (Å²) < 4.78 is 16.8. The molecule has 0 radical (unpaired) electrons. The average Bonchev–Trinajstić information content (AvgIpc) is 3.10. The van der Waals surface area contributed by atoms with Crippen LogP contribution in [0.4, 0.5) is 27.3 Å². The van der Waals surface area contributed by atoms with Crippen LogP contribution in [-0.2, 0) is 9.59 Å². The Labute approximate surface area is 253 Å². The van der Waals surface area contributed by atoms with Gasteiger partial charge in [-0.3, -0.25) is 20.0 Å². The number of nitrogens with zero attached hydrogens (tertiary/aromatic N) is 4. The van der Waals surface area contributed by atoms with Gasteiger partial charge in [-0.05, 0) is 57.0 Å². The first kappa shape index (κ1) is 30.3. The number of hydrogen-bond acceptors (Lipinski definition) is 9. The van der Waals surface area contributed by atoms with E-state index in [1.165, 1.54) is 11.0 Å². The maximum atomic E-state index is 16.8. The standard InChI is InChI=1S/C31H34FN9O3/c1-6-21(43)40-12-16(4)41-20(13-40)31(44)39-28-23(29(41)35)30(37-25-15(3)9-10-36-26(25)17(5)42)38-27(24(28)32)22-14(2)7-8-19(34)18(22)11-33/h6-11,16-17,20,33,35,42H,1,12-13,34H2,2-5H3,(H,37,38)(H,39,44). The number of benzene rings is 1. The van der Waals surface area contributed by atoms with Gasteiger partial charge in [0.15, 0.2) is 5.82 Å². The number of aliphatic hydroxyl groups is 1. The lowest BCUT2D eigenvalue weighted by Gasteiger charge is -2.44. The quantitative estimate of drug-likeness (QED) is 0.141. The lowest BCUT2D eigenvalue weighted by atomic mass is 9.95. The maximum Gasteiger partial charge on any atom is 0.249 e. The number of hydrogen-bond donors (Lipinski definition) is 6. The van der Waals surface area contributed by atoms with E-state index in [1.54, 1.807) is 57.0 Å². The summed E-state index contributed by atoms with van der Waals surface area (Å²) in [4.78, 5) is 38.3. The molecule has 1 aromatic carbocycles. The monoisotopic (exact) mass is 599 g/mol. The van der Waals surface area contributed by atoms with Crippen molar-refractivity contribution in [2.45, 2.75) is 45.9 Å². The van der Waals surface area contributed by atoms with Crippen LogP contribution in [0.2, 0.25) is 0 Å². The number of nitrogens with two attached hydrogens (primary N) is 1. The molecule has 1 fully saturated rings.